The van der Waals surface area contributed by atoms with Crippen LogP contribution in [0.25, 0.3) is 0 Å². The van der Waals surface area contributed by atoms with Crippen LogP contribution >= 0.6 is 11.5 Å². The molecule has 0 saturated carbocycles. The molecule has 0 aliphatic rings. The monoisotopic (exact) mass is 301 g/mol. The summed E-state index contributed by atoms with van der Waals surface area (Å²) in [7, 11) is 1.76. The van der Waals surface area contributed by atoms with E-state index in [2.05, 4.69) is 20.7 Å². The smallest absolute Gasteiger partial charge is 0.245 e. The molecule has 2 aromatic rings. The molecule has 2 rings (SSSR count). The Balaban J connectivity index is 2.02. The first kappa shape index (κ1) is 14.9. The Morgan fingerprint density at radius 3 is 2.86 bits per heavy atom. The third-order valence-electron chi connectivity index (χ3n) is 2.86. The van der Waals surface area contributed by atoms with E-state index >= 15 is 0 Å². The van der Waals surface area contributed by atoms with Gasteiger partial charge in [0.25, 0.3) is 0 Å². The van der Waals surface area contributed by atoms with Gasteiger partial charge in [-0.2, -0.15) is 9.64 Å². The highest BCUT2D eigenvalue weighted by Crippen LogP contribution is 2.26. The van der Waals surface area contributed by atoms with Gasteiger partial charge in [-0.1, -0.05) is 6.07 Å². The van der Waals surface area contributed by atoms with Crippen molar-refractivity contribution in [3.8, 4) is 6.07 Å². The molecule has 0 atom stereocenters. The fourth-order valence-corrected chi connectivity index (χ4v) is 2.56. The van der Waals surface area contributed by atoms with Crippen LogP contribution in [-0.4, -0.2) is 28.9 Å². The summed E-state index contributed by atoms with van der Waals surface area (Å²) in [6.45, 7) is 3.84. The molecule has 0 bridgehead atoms. The van der Waals surface area contributed by atoms with Gasteiger partial charge in [0.15, 0.2) is 0 Å². The second kappa shape index (κ2) is 6.33. The minimum Gasteiger partial charge on any atom is -0.355 e. The Morgan fingerprint density at radius 1 is 1.48 bits per heavy atom. The third-order valence-corrected chi connectivity index (χ3v) is 3.92. The Hall–Kier alpha value is -2.46. The summed E-state index contributed by atoms with van der Waals surface area (Å²) in [4.78, 5) is 17.8. The number of carbonyl (C=O) groups is 1. The Morgan fingerprint density at radius 2 is 2.24 bits per heavy atom. The lowest BCUT2D eigenvalue weighted by molar-refractivity contribution is -0.114. The molecule has 2 heterocycles. The molecule has 0 saturated heterocycles. The van der Waals surface area contributed by atoms with E-state index in [1.807, 2.05) is 13.0 Å². The molecule has 0 aliphatic carbocycles. The standard InChI is InChI=1S/C14H15N5OS/c1-9-4-5-12(16-7-9)17-13(20)8-19(3)14-11(6-15)10(2)18-21-14/h4-5,7H,8H2,1-3H3,(H,16,17,20). The van der Waals surface area contributed by atoms with Gasteiger partial charge in [0.2, 0.25) is 5.91 Å². The number of anilines is 2. The topological polar surface area (TPSA) is 81.9 Å². The lowest BCUT2D eigenvalue weighted by Gasteiger charge is -2.16. The number of hydrogen-bond acceptors (Lipinski definition) is 6. The average molecular weight is 301 g/mol. The third kappa shape index (κ3) is 3.55. The molecule has 7 heteroatoms. The van der Waals surface area contributed by atoms with E-state index in [1.54, 1.807) is 31.1 Å². The van der Waals surface area contributed by atoms with Crippen molar-refractivity contribution >= 4 is 28.3 Å². The molecular formula is C14H15N5OS. The van der Waals surface area contributed by atoms with Gasteiger partial charge in [-0.15, -0.1) is 0 Å². The molecule has 2 aromatic heterocycles. The number of aryl methyl sites for hydroxylation is 2. The molecular weight excluding hydrogens is 286 g/mol. The highest BCUT2D eigenvalue weighted by molar-refractivity contribution is 7.10. The van der Waals surface area contributed by atoms with Crippen molar-refractivity contribution in [2.45, 2.75) is 13.8 Å². The summed E-state index contributed by atoms with van der Waals surface area (Å²) in [6, 6.07) is 5.75. The fraction of sp³-hybridized carbons (Fsp3) is 0.286. The second-order valence-corrected chi connectivity index (χ2v) is 5.44. The van der Waals surface area contributed by atoms with Crippen LogP contribution < -0.4 is 10.2 Å². The van der Waals surface area contributed by atoms with Crippen LogP contribution in [0.15, 0.2) is 18.3 Å². The molecule has 21 heavy (non-hydrogen) atoms. The van der Waals surface area contributed by atoms with Gasteiger partial charge >= 0.3 is 0 Å². The van der Waals surface area contributed by atoms with Crippen LogP contribution in [0.2, 0.25) is 0 Å². The fourth-order valence-electron chi connectivity index (χ4n) is 1.76. The first-order valence-corrected chi connectivity index (χ1v) is 7.08. The summed E-state index contributed by atoms with van der Waals surface area (Å²) in [6.07, 6.45) is 1.69. The predicted molar refractivity (Wildman–Crippen MR) is 82.4 cm³/mol. The number of nitrogens with zero attached hydrogens (tertiary/aromatic N) is 4. The molecule has 1 amide bonds. The zero-order valence-corrected chi connectivity index (χ0v) is 12.9. The molecule has 108 valence electrons. The van der Waals surface area contributed by atoms with E-state index in [9.17, 15) is 4.79 Å². The van der Waals surface area contributed by atoms with Crippen molar-refractivity contribution in [3.05, 3.63) is 35.2 Å². The van der Waals surface area contributed by atoms with Crippen LogP contribution in [-0.2, 0) is 4.79 Å². The molecule has 0 spiro atoms. The molecule has 0 radical (unpaired) electrons. The molecule has 0 fully saturated rings. The summed E-state index contributed by atoms with van der Waals surface area (Å²) in [5.41, 5.74) is 2.23. The maximum absolute atomic E-state index is 12.0. The Kier molecular flexibility index (Phi) is 4.50. The quantitative estimate of drug-likeness (QED) is 0.935. The van der Waals surface area contributed by atoms with E-state index in [1.165, 1.54) is 11.5 Å². The van der Waals surface area contributed by atoms with Gasteiger partial charge in [-0.05, 0) is 37.0 Å². The minimum atomic E-state index is -0.191. The number of hydrogen-bond donors (Lipinski definition) is 1. The molecule has 6 nitrogen and oxygen atoms in total. The molecule has 0 aromatic carbocycles. The highest BCUT2D eigenvalue weighted by Gasteiger charge is 2.16. The lowest BCUT2D eigenvalue weighted by Crippen LogP contribution is -2.30. The Labute approximate surface area is 127 Å². The second-order valence-electron chi connectivity index (χ2n) is 4.68. The van der Waals surface area contributed by atoms with E-state index in [0.29, 0.717) is 22.1 Å². The maximum Gasteiger partial charge on any atom is 0.245 e. The van der Waals surface area contributed by atoms with Crippen molar-refractivity contribution in [2.75, 3.05) is 23.8 Å². The van der Waals surface area contributed by atoms with Gasteiger partial charge in [-0.3, -0.25) is 4.79 Å². The summed E-state index contributed by atoms with van der Waals surface area (Å²) >= 11 is 1.22. The summed E-state index contributed by atoms with van der Waals surface area (Å²) < 4.78 is 4.14. The molecule has 1 N–H and O–H groups in total. The van der Waals surface area contributed by atoms with Crippen molar-refractivity contribution in [2.24, 2.45) is 0 Å². The number of aromatic nitrogens is 2. The molecule has 0 unspecified atom stereocenters. The predicted octanol–water partition coefficient (Wildman–Crippen LogP) is 2.10. The highest BCUT2D eigenvalue weighted by atomic mass is 32.1. The SMILES string of the molecule is Cc1ccc(NC(=O)CN(C)c2snc(C)c2C#N)nc1. The summed E-state index contributed by atoms with van der Waals surface area (Å²) in [5.74, 6) is 0.323. The maximum atomic E-state index is 12.0. The van der Waals surface area contributed by atoms with Crippen molar-refractivity contribution in [1.29, 1.82) is 5.26 Å². The van der Waals surface area contributed by atoms with Gasteiger partial charge in [-0.25, -0.2) is 4.98 Å². The van der Waals surface area contributed by atoms with Crippen LogP contribution in [0.1, 0.15) is 16.8 Å². The van der Waals surface area contributed by atoms with Gasteiger partial charge < -0.3 is 10.2 Å². The van der Waals surface area contributed by atoms with Crippen molar-refractivity contribution < 1.29 is 4.79 Å². The zero-order chi connectivity index (χ0) is 15.4. The molecule has 0 aliphatic heterocycles. The number of amides is 1. The van der Waals surface area contributed by atoms with E-state index < -0.39 is 0 Å². The van der Waals surface area contributed by atoms with E-state index in [0.717, 1.165) is 5.56 Å². The lowest BCUT2D eigenvalue weighted by atomic mass is 10.2. The largest absolute Gasteiger partial charge is 0.355 e. The van der Waals surface area contributed by atoms with E-state index in [-0.39, 0.29) is 12.5 Å². The number of pyridine rings is 1. The first-order valence-electron chi connectivity index (χ1n) is 6.31. The van der Waals surface area contributed by atoms with Crippen LogP contribution in [0.4, 0.5) is 10.8 Å². The number of carbonyl (C=O) groups excluding carboxylic acids is 1. The normalized spacial score (nSPS) is 10.0. The summed E-state index contributed by atoms with van der Waals surface area (Å²) in [5, 5.41) is 12.5. The van der Waals surface area contributed by atoms with Crippen LogP contribution in [0.5, 0.6) is 0 Å². The minimum absolute atomic E-state index is 0.131. The Bertz CT molecular complexity index is 686. The van der Waals surface area contributed by atoms with Gasteiger partial charge in [0.05, 0.1) is 12.2 Å². The van der Waals surface area contributed by atoms with Crippen LogP contribution in [0.3, 0.4) is 0 Å². The number of nitrogens with one attached hydrogen (secondary N) is 1. The van der Waals surface area contributed by atoms with Gasteiger partial charge in [0, 0.05) is 13.2 Å². The zero-order valence-electron chi connectivity index (χ0n) is 12.0. The first-order chi connectivity index (χ1) is 10.0. The van der Waals surface area contributed by atoms with Crippen molar-refractivity contribution in [3.63, 3.8) is 0 Å². The van der Waals surface area contributed by atoms with Gasteiger partial charge in [0.1, 0.15) is 22.5 Å². The van der Waals surface area contributed by atoms with Crippen molar-refractivity contribution in [1.82, 2.24) is 9.36 Å². The number of nitriles is 1. The average Bonchev–Trinajstić information content (AvgIpc) is 2.82. The van der Waals surface area contributed by atoms with Crippen LogP contribution in [0, 0.1) is 25.2 Å². The number of rotatable bonds is 4. The van der Waals surface area contributed by atoms with E-state index in [4.69, 9.17) is 5.26 Å². The number of likely N-dealkylation sites (N-methyl/N-ethyl adjacent to an activating group) is 1.